The Morgan fingerprint density at radius 1 is 1.52 bits per heavy atom. The molecule has 1 N–H and O–H groups in total. The minimum Gasteiger partial charge on any atom is -0.465 e. The number of carbonyl (C=O) groups excluding carboxylic acids is 2. The number of esters is 1. The van der Waals surface area contributed by atoms with Crippen LogP contribution in [-0.4, -0.2) is 37.6 Å². The maximum absolute atomic E-state index is 12.7. The predicted octanol–water partition coefficient (Wildman–Crippen LogP) is 2.34. The molecule has 5 nitrogen and oxygen atoms in total. The molecule has 0 aromatic carbocycles. The van der Waals surface area contributed by atoms with Crippen molar-refractivity contribution in [2.45, 2.75) is 45.7 Å². The highest BCUT2D eigenvalue weighted by atomic mass is 32.1. The van der Waals surface area contributed by atoms with E-state index in [0.29, 0.717) is 17.1 Å². The third kappa shape index (κ3) is 3.27. The van der Waals surface area contributed by atoms with Gasteiger partial charge in [-0.3, -0.25) is 4.79 Å². The van der Waals surface area contributed by atoms with E-state index >= 15 is 0 Å². The maximum atomic E-state index is 12.7. The first-order chi connectivity index (χ1) is 9.95. The summed E-state index contributed by atoms with van der Waals surface area (Å²) >= 11 is 1.33. The molecule has 0 radical (unpaired) electrons. The predicted molar refractivity (Wildman–Crippen MR) is 84.0 cm³/mol. The lowest BCUT2D eigenvalue weighted by Gasteiger charge is -2.34. The molecule has 1 amide bonds. The average Bonchev–Trinajstić information content (AvgIpc) is 2.82. The van der Waals surface area contributed by atoms with Crippen LogP contribution in [0.25, 0.3) is 0 Å². The number of nitrogens with zero attached hydrogens (tertiary/aromatic N) is 1. The fraction of sp³-hybridized carbons (Fsp3) is 0.600. The first-order valence-electron chi connectivity index (χ1n) is 7.19. The van der Waals surface area contributed by atoms with Crippen molar-refractivity contribution in [1.29, 1.82) is 0 Å². The molecule has 0 bridgehead atoms. The summed E-state index contributed by atoms with van der Waals surface area (Å²) in [6.45, 7) is 6.63. The van der Waals surface area contributed by atoms with Gasteiger partial charge in [0.15, 0.2) is 0 Å². The van der Waals surface area contributed by atoms with E-state index in [9.17, 15) is 9.59 Å². The van der Waals surface area contributed by atoms with E-state index in [1.807, 2.05) is 26.2 Å². The SMILES string of the molecule is COC(=O)c1scc(C)c1N1CCCC(NC(C)C)C1=O. The quantitative estimate of drug-likeness (QED) is 0.867. The van der Waals surface area contributed by atoms with Gasteiger partial charge in [-0.25, -0.2) is 4.79 Å². The van der Waals surface area contributed by atoms with E-state index in [-0.39, 0.29) is 24.0 Å². The lowest BCUT2D eigenvalue weighted by molar-refractivity contribution is -0.121. The Labute approximate surface area is 129 Å². The van der Waals surface area contributed by atoms with E-state index < -0.39 is 0 Å². The summed E-state index contributed by atoms with van der Waals surface area (Å²) in [5.41, 5.74) is 1.66. The Kier molecular flexibility index (Phi) is 5.00. The monoisotopic (exact) mass is 310 g/mol. The third-order valence-corrected chi connectivity index (χ3v) is 4.62. The van der Waals surface area contributed by atoms with Crippen molar-refractivity contribution in [3.8, 4) is 0 Å². The van der Waals surface area contributed by atoms with Crippen molar-refractivity contribution >= 4 is 28.9 Å². The molecule has 1 fully saturated rings. The van der Waals surface area contributed by atoms with Gasteiger partial charge in [-0.15, -0.1) is 11.3 Å². The van der Waals surface area contributed by atoms with Gasteiger partial charge >= 0.3 is 5.97 Å². The number of hydrogen-bond donors (Lipinski definition) is 1. The number of hydrogen-bond acceptors (Lipinski definition) is 5. The Bertz CT molecular complexity index is 539. The number of methoxy groups -OCH3 is 1. The Morgan fingerprint density at radius 2 is 2.24 bits per heavy atom. The lowest BCUT2D eigenvalue weighted by Crippen LogP contribution is -2.52. The van der Waals surface area contributed by atoms with Crippen LogP contribution < -0.4 is 10.2 Å². The van der Waals surface area contributed by atoms with Crippen LogP contribution in [0, 0.1) is 6.92 Å². The fourth-order valence-electron chi connectivity index (χ4n) is 2.67. The zero-order chi connectivity index (χ0) is 15.6. The molecule has 21 heavy (non-hydrogen) atoms. The standard InChI is InChI=1S/C15H22N2O3S/c1-9(2)16-11-6-5-7-17(14(11)18)12-10(3)8-21-13(12)15(19)20-4/h8-9,11,16H,5-7H2,1-4H3. The summed E-state index contributed by atoms with van der Waals surface area (Å²) in [5, 5.41) is 5.20. The van der Waals surface area contributed by atoms with Crippen LogP contribution in [0.15, 0.2) is 5.38 Å². The molecule has 116 valence electrons. The molecule has 0 aliphatic carbocycles. The van der Waals surface area contributed by atoms with Crippen molar-refractivity contribution in [3.63, 3.8) is 0 Å². The van der Waals surface area contributed by atoms with Gasteiger partial charge in [0, 0.05) is 12.6 Å². The molecule has 0 spiro atoms. The van der Waals surface area contributed by atoms with Gasteiger partial charge < -0.3 is 15.0 Å². The normalized spacial score (nSPS) is 19.2. The fourth-order valence-corrected chi connectivity index (χ4v) is 3.63. The molecular weight excluding hydrogens is 288 g/mol. The second kappa shape index (κ2) is 6.58. The van der Waals surface area contributed by atoms with E-state index in [0.717, 1.165) is 18.4 Å². The maximum Gasteiger partial charge on any atom is 0.350 e. The van der Waals surface area contributed by atoms with Gasteiger partial charge in [-0.05, 0) is 30.7 Å². The lowest BCUT2D eigenvalue weighted by atomic mass is 10.0. The van der Waals surface area contributed by atoms with Crippen LogP contribution in [0.4, 0.5) is 5.69 Å². The van der Waals surface area contributed by atoms with Gasteiger partial charge in [-0.1, -0.05) is 13.8 Å². The zero-order valence-electron chi connectivity index (χ0n) is 12.9. The molecular formula is C15H22N2O3S. The first-order valence-corrected chi connectivity index (χ1v) is 8.07. The highest BCUT2D eigenvalue weighted by molar-refractivity contribution is 7.12. The van der Waals surface area contributed by atoms with Gasteiger partial charge in [0.25, 0.3) is 0 Å². The summed E-state index contributed by atoms with van der Waals surface area (Å²) in [6, 6.07) is 0.0751. The third-order valence-electron chi connectivity index (χ3n) is 3.56. The molecule has 1 atom stereocenters. The smallest absolute Gasteiger partial charge is 0.350 e. The number of carbonyl (C=O) groups is 2. The van der Waals surface area contributed by atoms with Crippen LogP contribution >= 0.6 is 11.3 Å². The van der Waals surface area contributed by atoms with E-state index in [4.69, 9.17) is 4.74 Å². The van der Waals surface area contributed by atoms with Gasteiger partial charge in [0.1, 0.15) is 4.88 Å². The number of aryl methyl sites for hydroxylation is 1. The van der Waals surface area contributed by atoms with Crippen molar-refractivity contribution in [1.82, 2.24) is 5.32 Å². The van der Waals surface area contributed by atoms with Gasteiger partial charge in [-0.2, -0.15) is 0 Å². The summed E-state index contributed by atoms with van der Waals surface area (Å²) in [4.78, 5) is 26.8. The van der Waals surface area contributed by atoms with Crippen molar-refractivity contribution in [2.24, 2.45) is 0 Å². The van der Waals surface area contributed by atoms with E-state index in [1.54, 1.807) is 4.90 Å². The molecule has 1 aliphatic rings. The van der Waals surface area contributed by atoms with Crippen LogP contribution in [0.2, 0.25) is 0 Å². The Hall–Kier alpha value is -1.40. The minimum atomic E-state index is -0.380. The van der Waals surface area contributed by atoms with Crippen LogP contribution in [0.3, 0.4) is 0 Å². The van der Waals surface area contributed by atoms with Crippen molar-refractivity contribution < 1.29 is 14.3 Å². The molecule has 1 saturated heterocycles. The molecule has 6 heteroatoms. The number of rotatable bonds is 4. The number of nitrogens with one attached hydrogen (secondary N) is 1. The van der Waals surface area contributed by atoms with Crippen molar-refractivity contribution in [3.05, 3.63) is 15.8 Å². The number of ether oxygens (including phenoxy) is 1. The topological polar surface area (TPSA) is 58.6 Å². The van der Waals surface area contributed by atoms with Crippen molar-refractivity contribution in [2.75, 3.05) is 18.6 Å². The molecule has 2 rings (SSSR count). The number of piperidine rings is 1. The number of thiophene rings is 1. The second-order valence-corrected chi connectivity index (χ2v) is 6.47. The van der Waals surface area contributed by atoms with E-state index in [2.05, 4.69) is 5.32 Å². The number of anilines is 1. The van der Waals surface area contributed by atoms with Crippen LogP contribution in [0.5, 0.6) is 0 Å². The van der Waals surface area contributed by atoms with Crippen LogP contribution in [0.1, 0.15) is 41.9 Å². The van der Waals surface area contributed by atoms with Crippen LogP contribution in [-0.2, 0) is 9.53 Å². The average molecular weight is 310 g/mol. The summed E-state index contributed by atoms with van der Waals surface area (Å²) < 4.78 is 4.83. The summed E-state index contributed by atoms with van der Waals surface area (Å²) in [5.74, 6) is -0.337. The molecule has 1 aromatic heterocycles. The highest BCUT2D eigenvalue weighted by Gasteiger charge is 2.33. The zero-order valence-corrected chi connectivity index (χ0v) is 13.8. The molecule has 0 saturated carbocycles. The van der Waals surface area contributed by atoms with Gasteiger partial charge in [0.2, 0.25) is 5.91 Å². The minimum absolute atomic E-state index is 0.0432. The molecule has 2 heterocycles. The second-order valence-electron chi connectivity index (χ2n) is 5.59. The molecule has 1 unspecified atom stereocenters. The highest BCUT2D eigenvalue weighted by Crippen LogP contribution is 2.34. The Morgan fingerprint density at radius 3 is 2.86 bits per heavy atom. The number of amides is 1. The van der Waals surface area contributed by atoms with E-state index in [1.165, 1.54) is 18.4 Å². The first kappa shape index (κ1) is 16.0. The Balaban J connectivity index is 2.31. The molecule has 1 aromatic rings. The molecule has 1 aliphatic heterocycles. The largest absolute Gasteiger partial charge is 0.465 e. The summed E-state index contributed by atoms with van der Waals surface area (Å²) in [7, 11) is 1.36. The summed E-state index contributed by atoms with van der Waals surface area (Å²) in [6.07, 6.45) is 1.76. The van der Waals surface area contributed by atoms with Gasteiger partial charge in [0.05, 0.1) is 18.8 Å².